The number of nitriles is 1. The van der Waals surface area contributed by atoms with Crippen molar-refractivity contribution in [1.82, 2.24) is 24.3 Å². The van der Waals surface area contributed by atoms with Gasteiger partial charge in [0.2, 0.25) is 5.88 Å². The number of hydrogen-bond donors (Lipinski definition) is 0. The molecule has 5 aromatic rings. The summed E-state index contributed by atoms with van der Waals surface area (Å²) in [6.07, 6.45) is 5.45. The van der Waals surface area contributed by atoms with Gasteiger partial charge < -0.3 is 14.4 Å². The quantitative estimate of drug-likeness (QED) is 0.389. The normalized spacial score (nSPS) is 13.7. The molecule has 35 heavy (non-hydrogen) atoms. The van der Waals surface area contributed by atoms with Crippen LogP contribution in [0.1, 0.15) is 11.4 Å². The summed E-state index contributed by atoms with van der Waals surface area (Å²) in [7, 11) is 0. The molecule has 0 N–H and O–H groups in total. The third-order valence-electron chi connectivity index (χ3n) is 5.95. The van der Waals surface area contributed by atoms with E-state index in [2.05, 4.69) is 20.9 Å². The van der Waals surface area contributed by atoms with Gasteiger partial charge in [0.25, 0.3) is 0 Å². The van der Waals surface area contributed by atoms with Crippen molar-refractivity contribution in [1.29, 1.82) is 5.26 Å². The second-order valence-corrected chi connectivity index (χ2v) is 8.17. The summed E-state index contributed by atoms with van der Waals surface area (Å²) in [4.78, 5) is 20.6. The first-order chi connectivity index (χ1) is 17.3. The van der Waals surface area contributed by atoms with E-state index in [1.165, 1.54) is 0 Å². The lowest BCUT2D eigenvalue weighted by Crippen LogP contribution is -2.37. The van der Waals surface area contributed by atoms with Crippen molar-refractivity contribution in [2.45, 2.75) is 6.61 Å². The first-order valence-corrected chi connectivity index (χ1v) is 11.3. The molecule has 0 radical (unpaired) electrons. The van der Waals surface area contributed by atoms with Crippen molar-refractivity contribution in [3.05, 3.63) is 78.5 Å². The Morgan fingerprint density at radius 2 is 1.86 bits per heavy atom. The summed E-state index contributed by atoms with van der Waals surface area (Å²) in [6, 6.07) is 17.4. The number of nitrogens with zero attached hydrogens (tertiary/aromatic N) is 7. The standard InChI is InChI=1S/C26H21N7O2/c27-13-20-7-5-19(14-28-20)23-15-29-25(32-9-11-34-12-10-32)26-30-21(16-33(23)26)17-35-24-8-6-18-3-1-2-4-22(18)31-24/h1-8,14-16H,9-12,17H2. The van der Waals surface area contributed by atoms with E-state index in [1.54, 1.807) is 12.3 Å². The largest absolute Gasteiger partial charge is 0.471 e. The maximum absolute atomic E-state index is 9.09. The van der Waals surface area contributed by atoms with Gasteiger partial charge in [-0.2, -0.15) is 5.26 Å². The number of anilines is 1. The van der Waals surface area contributed by atoms with Crippen LogP contribution >= 0.6 is 0 Å². The zero-order valence-electron chi connectivity index (χ0n) is 18.8. The Balaban J connectivity index is 1.36. The van der Waals surface area contributed by atoms with Crippen molar-refractivity contribution >= 4 is 22.4 Å². The molecule has 0 bridgehead atoms. The van der Waals surface area contributed by atoms with Crippen molar-refractivity contribution in [3.8, 4) is 23.2 Å². The van der Waals surface area contributed by atoms with E-state index in [4.69, 9.17) is 24.7 Å². The second kappa shape index (κ2) is 9.00. The third-order valence-corrected chi connectivity index (χ3v) is 5.95. The molecular weight excluding hydrogens is 442 g/mol. The lowest BCUT2D eigenvalue weighted by Gasteiger charge is -2.28. The first-order valence-electron chi connectivity index (χ1n) is 11.3. The highest BCUT2D eigenvalue weighted by atomic mass is 16.5. The van der Waals surface area contributed by atoms with Crippen molar-refractivity contribution in [3.63, 3.8) is 0 Å². The molecule has 9 heteroatoms. The Morgan fingerprint density at radius 3 is 2.69 bits per heavy atom. The van der Waals surface area contributed by atoms with Crippen LogP contribution in [0.5, 0.6) is 5.88 Å². The van der Waals surface area contributed by atoms with Crippen LogP contribution in [0.15, 0.2) is 67.1 Å². The van der Waals surface area contributed by atoms with Crippen LogP contribution in [0.4, 0.5) is 5.82 Å². The van der Waals surface area contributed by atoms with E-state index >= 15 is 0 Å². The lowest BCUT2D eigenvalue weighted by atomic mass is 10.2. The molecule has 0 aliphatic carbocycles. The fraction of sp³-hybridized carbons (Fsp3) is 0.192. The number of benzene rings is 1. The summed E-state index contributed by atoms with van der Waals surface area (Å²) in [5, 5.41) is 10.2. The minimum atomic E-state index is 0.265. The summed E-state index contributed by atoms with van der Waals surface area (Å²) >= 11 is 0. The highest BCUT2D eigenvalue weighted by Crippen LogP contribution is 2.27. The molecule has 1 aliphatic heterocycles. The predicted octanol–water partition coefficient (Wildman–Crippen LogP) is 3.63. The Labute approximate surface area is 201 Å². The van der Waals surface area contributed by atoms with Gasteiger partial charge in [0, 0.05) is 42.5 Å². The zero-order valence-corrected chi connectivity index (χ0v) is 18.8. The van der Waals surface area contributed by atoms with Crippen LogP contribution in [-0.2, 0) is 11.3 Å². The summed E-state index contributed by atoms with van der Waals surface area (Å²) in [5.74, 6) is 1.34. The highest BCUT2D eigenvalue weighted by Gasteiger charge is 2.20. The fourth-order valence-corrected chi connectivity index (χ4v) is 4.18. The molecule has 0 atom stereocenters. The molecule has 1 fully saturated rings. The molecule has 1 aromatic carbocycles. The van der Waals surface area contributed by atoms with Gasteiger partial charge >= 0.3 is 0 Å². The summed E-state index contributed by atoms with van der Waals surface area (Å²) < 4.78 is 13.5. The molecule has 1 aliphatic rings. The Morgan fingerprint density at radius 1 is 0.971 bits per heavy atom. The van der Waals surface area contributed by atoms with E-state index in [1.807, 2.05) is 59.3 Å². The second-order valence-electron chi connectivity index (χ2n) is 8.17. The number of hydrogen-bond acceptors (Lipinski definition) is 8. The molecule has 0 unspecified atom stereocenters. The number of ether oxygens (including phenoxy) is 2. The van der Waals surface area contributed by atoms with Crippen LogP contribution in [-0.4, -0.2) is 50.6 Å². The highest BCUT2D eigenvalue weighted by molar-refractivity contribution is 5.78. The van der Waals surface area contributed by atoms with Gasteiger partial charge in [-0.15, -0.1) is 0 Å². The van der Waals surface area contributed by atoms with Crippen molar-refractivity contribution in [2.75, 3.05) is 31.2 Å². The molecule has 1 saturated heterocycles. The number of para-hydroxylation sites is 1. The molecule has 0 spiro atoms. The smallest absolute Gasteiger partial charge is 0.214 e. The maximum atomic E-state index is 9.09. The minimum absolute atomic E-state index is 0.265. The Bertz CT molecular complexity index is 1550. The number of pyridine rings is 2. The predicted molar refractivity (Wildman–Crippen MR) is 130 cm³/mol. The van der Waals surface area contributed by atoms with Crippen molar-refractivity contribution in [2.24, 2.45) is 0 Å². The molecule has 172 valence electrons. The average Bonchev–Trinajstić information content (AvgIpc) is 3.36. The number of rotatable bonds is 5. The van der Waals surface area contributed by atoms with Crippen molar-refractivity contribution < 1.29 is 9.47 Å². The lowest BCUT2D eigenvalue weighted by molar-refractivity contribution is 0.122. The van der Waals surface area contributed by atoms with Gasteiger partial charge in [-0.3, -0.25) is 4.40 Å². The molecule has 0 amide bonds. The van der Waals surface area contributed by atoms with E-state index in [0.717, 1.165) is 52.4 Å². The number of aromatic nitrogens is 5. The fourth-order valence-electron chi connectivity index (χ4n) is 4.18. The maximum Gasteiger partial charge on any atom is 0.214 e. The van der Waals surface area contributed by atoms with Crippen LogP contribution in [0.25, 0.3) is 27.8 Å². The zero-order chi connectivity index (χ0) is 23.6. The SMILES string of the molecule is N#Cc1ccc(-c2cnc(N3CCOCC3)c3nc(COc4ccc5ccccc5n4)cn23)cn1. The summed E-state index contributed by atoms with van der Waals surface area (Å²) in [5.41, 5.74) is 4.41. The number of morpholine rings is 1. The Kier molecular flexibility index (Phi) is 5.41. The van der Waals surface area contributed by atoms with Gasteiger partial charge in [-0.25, -0.2) is 19.9 Å². The van der Waals surface area contributed by atoms with E-state index in [-0.39, 0.29) is 6.61 Å². The topological polar surface area (TPSA) is 101 Å². The van der Waals surface area contributed by atoms with Crippen LogP contribution < -0.4 is 9.64 Å². The van der Waals surface area contributed by atoms with Crippen LogP contribution in [0.3, 0.4) is 0 Å². The van der Waals surface area contributed by atoms with Crippen LogP contribution in [0, 0.1) is 11.3 Å². The molecule has 4 aromatic heterocycles. The number of imidazole rings is 1. The number of fused-ring (bicyclic) bond motifs is 2. The van der Waals surface area contributed by atoms with Gasteiger partial charge in [-0.05, 0) is 24.3 Å². The van der Waals surface area contributed by atoms with E-state index < -0.39 is 0 Å². The van der Waals surface area contributed by atoms with Gasteiger partial charge in [-0.1, -0.05) is 18.2 Å². The molecule has 9 nitrogen and oxygen atoms in total. The molecule has 6 rings (SSSR count). The minimum Gasteiger partial charge on any atom is -0.471 e. The van der Waals surface area contributed by atoms with E-state index in [9.17, 15) is 0 Å². The van der Waals surface area contributed by atoms with Gasteiger partial charge in [0.15, 0.2) is 11.5 Å². The monoisotopic (exact) mass is 463 g/mol. The molecular formula is C26H21N7O2. The third kappa shape index (κ3) is 4.11. The molecule has 0 saturated carbocycles. The van der Waals surface area contributed by atoms with Crippen LogP contribution in [0.2, 0.25) is 0 Å². The summed E-state index contributed by atoms with van der Waals surface area (Å²) in [6.45, 7) is 3.07. The molecule has 5 heterocycles. The first kappa shape index (κ1) is 21.0. The van der Waals surface area contributed by atoms with E-state index in [0.29, 0.717) is 24.8 Å². The van der Waals surface area contributed by atoms with Gasteiger partial charge in [0.05, 0.1) is 36.3 Å². The Hall–Kier alpha value is -4.55. The average molecular weight is 464 g/mol. The van der Waals surface area contributed by atoms with Gasteiger partial charge in [0.1, 0.15) is 18.4 Å².